The van der Waals surface area contributed by atoms with Crippen LogP contribution in [0.4, 0.5) is 0 Å². The van der Waals surface area contributed by atoms with Crippen molar-refractivity contribution in [3.05, 3.63) is 57.8 Å². The number of sulfonamides is 1. The summed E-state index contributed by atoms with van der Waals surface area (Å²) in [6, 6.07) is 7.56. The molecule has 1 N–H and O–H groups in total. The molecule has 0 spiro atoms. The van der Waals surface area contributed by atoms with E-state index in [0.29, 0.717) is 15.1 Å². The highest BCUT2D eigenvalue weighted by molar-refractivity contribution is 9.10. The van der Waals surface area contributed by atoms with Gasteiger partial charge in [0.2, 0.25) is 5.91 Å². The summed E-state index contributed by atoms with van der Waals surface area (Å²) in [4.78, 5) is 27.4. The van der Waals surface area contributed by atoms with Gasteiger partial charge < -0.3 is 0 Å². The summed E-state index contributed by atoms with van der Waals surface area (Å²) in [6.45, 7) is 0. The molecule has 24 heavy (non-hydrogen) atoms. The second-order valence-electron chi connectivity index (χ2n) is 4.80. The van der Waals surface area contributed by atoms with Crippen molar-refractivity contribution in [2.75, 3.05) is 0 Å². The van der Waals surface area contributed by atoms with Gasteiger partial charge in [0.25, 0.3) is 10.0 Å². The average molecular weight is 432 g/mol. The number of nitrogens with zero attached hydrogens (tertiary/aromatic N) is 1. The second-order valence-corrected chi connectivity index (χ2v) is 7.83. The highest BCUT2D eigenvalue weighted by Gasteiger charge is 2.19. The van der Waals surface area contributed by atoms with Crippen molar-refractivity contribution in [1.82, 2.24) is 9.71 Å². The first-order valence-corrected chi connectivity index (χ1v) is 9.38. The molecule has 1 aromatic carbocycles. The zero-order valence-corrected chi connectivity index (χ0v) is 15.4. The Labute approximate surface area is 152 Å². The number of benzene rings is 1. The van der Waals surface area contributed by atoms with Crippen molar-refractivity contribution in [2.45, 2.75) is 17.7 Å². The first-order chi connectivity index (χ1) is 11.3. The topological polar surface area (TPSA) is 93.2 Å². The Morgan fingerprint density at radius 3 is 2.42 bits per heavy atom. The summed E-state index contributed by atoms with van der Waals surface area (Å²) in [6.07, 6.45) is 2.19. The van der Waals surface area contributed by atoms with Crippen molar-refractivity contribution in [1.29, 1.82) is 0 Å². The normalized spacial score (nSPS) is 11.1. The number of hydrogen-bond donors (Lipinski definition) is 1. The number of rotatable bonds is 6. The van der Waals surface area contributed by atoms with E-state index in [9.17, 15) is 18.0 Å². The number of amides is 1. The SMILES string of the molecule is O=C(CCC(=O)c1ccc(Cl)cc1)NS(=O)(=O)c1cncc(Br)c1. The van der Waals surface area contributed by atoms with Crippen LogP contribution in [0.15, 0.2) is 52.1 Å². The van der Waals surface area contributed by atoms with Crippen molar-refractivity contribution >= 4 is 49.2 Å². The van der Waals surface area contributed by atoms with Crippen LogP contribution in [-0.2, 0) is 14.8 Å². The minimum Gasteiger partial charge on any atom is -0.294 e. The van der Waals surface area contributed by atoms with Crippen LogP contribution in [0.3, 0.4) is 0 Å². The quantitative estimate of drug-likeness (QED) is 0.710. The number of nitrogens with one attached hydrogen (secondary N) is 1. The van der Waals surface area contributed by atoms with Gasteiger partial charge in [-0.05, 0) is 46.3 Å². The molecule has 0 fully saturated rings. The number of aromatic nitrogens is 1. The molecule has 0 saturated carbocycles. The predicted molar refractivity (Wildman–Crippen MR) is 92.3 cm³/mol. The molecular formula is C15H12BrClN2O4S. The third kappa shape index (κ3) is 5.12. The summed E-state index contributed by atoms with van der Waals surface area (Å²) in [5.74, 6) is -1.04. The minimum atomic E-state index is -4.02. The molecule has 0 saturated heterocycles. The van der Waals surface area contributed by atoms with E-state index < -0.39 is 15.9 Å². The van der Waals surface area contributed by atoms with Crippen LogP contribution in [0.2, 0.25) is 5.02 Å². The number of pyridine rings is 1. The molecule has 0 aliphatic carbocycles. The van der Waals surface area contributed by atoms with E-state index in [0.717, 1.165) is 6.20 Å². The van der Waals surface area contributed by atoms with Gasteiger partial charge in [-0.1, -0.05) is 11.6 Å². The third-order valence-corrected chi connectivity index (χ3v) is 5.01. The van der Waals surface area contributed by atoms with Crippen LogP contribution < -0.4 is 4.72 Å². The summed E-state index contributed by atoms with van der Waals surface area (Å²) in [5, 5.41) is 0.498. The molecule has 1 heterocycles. The van der Waals surface area contributed by atoms with Gasteiger partial charge in [0.15, 0.2) is 5.78 Å². The molecule has 1 amide bonds. The number of hydrogen-bond acceptors (Lipinski definition) is 5. The minimum absolute atomic E-state index is 0.111. The molecule has 126 valence electrons. The Balaban J connectivity index is 1.95. The number of carbonyl (C=O) groups is 2. The van der Waals surface area contributed by atoms with Gasteiger partial charge in [-0.25, -0.2) is 13.1 Å². The lowest BCUT2D eigenvalue weighted by Crippen LogP contribution is -2.30. The summed E-state index contributed by atoms with van der Waals surface area (Å²) in [5.41, 5.74) is 0.409. The highest BCUT2D eigenvalue weighted by atomic mass is 79.9. The van der Waals surface area contributed by atoms with Gasteiger partial charge in [0, 0.05) is 40.3 Å². The first kappa shape index (κ1) is 18.6. The molecule has 9 heteroatoms. The standard InChI is InChI=1S/C15H12BrClN2O4S/c16-11-7-13(9-18-8-11)24(22,23)19-15(21)6-5-14(20)10-1-3-12(17)4-2-10/h1-4,7-9H,5-6H2,(H,19,21). The fourth-order valence-electron chi connectivity index (χ4n) is 1.81. The molecule has 2 aromatic rings. The maximum atomic E-state index is 12.1. The van der Waals surface area contributed by atoms with E-state index in [2.05, 4.69) is 20.9 Å². The Hall–Kier alpha value is -1.77. The molecule has 0 unspecified atom stereocenters. The lowest BCUT2D eigenvalue weighted by Gasteiger charge is -2.07. The van der Waals surface area contributed by atoms with Gasteiger partial charge >= 0.3 is 0 Å². The number of carbonyl (C=O) groups excluding carboxylic acids is 2. The van der Waals surface area contributed by atoms with Crippen LogP contribution in [0.1, 0.15) is 23.2 Å². The van der Waals surface area contributed by atoms with Gasteiger partial charge in [-0.2, -0.15) is 0 Å². The van der Waals surface area contributed by atoms with E-state index in [1.807, 2.05) is 4.72 Å². The maximum Gasteiger partial charge on any atom is 0.265 e. The lowest BCUT2D eigenvalue weighted by molar-refractivity contribution is -0.119. The molecule has 0 bridgehead atoms. The lowest BCUT2D eigenvalue weighted by atomic mass is 10.1. The summed E-state index contributed by atoms with van der Waals surface area (Å²) >= 11 is 8.84. The number of Topliss-reactive ketones (excluding diaryl/α,β-unsaturated/α-hetero) is 1. The second kappa shape index (κ2) is 7.87. The molecule has 6 nitrogen and oxygen atoms in total. The number of ketones is 1. The molecule has 0 aliphatic rings. The van der Waals surface area contributed by atoms with Crippen LogP contribution in [-0.4, -0.2) is 25.1 Å². The molecule has 2 rings (SSSR count). The van der Waals surface area contributed by atoms with Gasteiger partial charge in [0.1, 0.15) is 4.90 Å². The summed E-state index contributed by atoms with van der Waals surface area (Å²) < 4.78 is 26.5. The van der Waals surface area contributed by atoms with E-state index >= 15 is 0 Å². The van der Waals surface area contributed by atoms with Crippen molar-refractivity contribution < 1.29 is 18.0 Å². The van der Waals surface area contributed by atoms with Crippen molar-refractivity contribution in [3.63, 3.8) is 0 Å². The molecule has 0 atom stereocenters. The van der Waals surface area contributed by atoms with Crippen LogP contribution in [0.5, 0.6) is 0 Å². The number of halogens is 2. The average Bonchev–Trinajstić information content (AvgIpc) is 2.53. The van der Waals surface area contributed by atoms with E-state index in [4.69, 9.17) is 11.6 Å². The fraction of sp³-hybridized carbons (Fsp3) is 0.133. The highest BCUT2D eigenvalue weighted by Crippen LogP contribution is 2.15. The maximum absolute atomic E-state index is 12.1. The molecule has 1 aromatic heterocycles. The molecule has 0 aliphatic heterocycles. The third-order valence-electron chi connectivity index (χ3n) is 2.98. The Morgan fingerprint density at radius 2 is 1.79 bits per heavy atom. The Bertz CT molecular complexity index is 869. The Kier molecular flexibility index (Phi) is 6.09. The first-order valence-electron chi connectivity index (χ1n) is 6.73. The molecular weight excluding hydrogens is 420 g/mol. The van der Waals surface area contributed by atoms with Crippen LogP contribution >= 0.6 is 27.5 Å². The van der Waals surface area contributed by atoms with Gasteiger partial charge in [0.05, 0.1) is 0 Å². The van der Waals surface area contributed by atoms with E-state index in [-0.39, 0.29) is 23.5 Å². The largest absolute Gasteiger partial charge is 0.294 e. The predicted octanol–water partition coefficient (Wildman–Crippen LogP) is 2.97. The molecule has 0 radical (unpaired) electrons. The van der Waals surface area contributed by atoms with E-state index in [1.165, 1.54) is 12.3 Å². The smallest absolute Gasteiger partial charge is 0.265 e. The zero-order valence-electron chi connectivity index (χ0n) is 12.2. The summed E-state index contributed by atoms with van der Waals surface area (Å²) in [7, 11) is -4.02. The monoisotopic (exact) mass is 430 g/mol. The Morgan fingerprint density at radius 1 is 1.12 bits per heavy atom. The fourth-order valence-corrected chi connectivity index (χ4v) is 3.45. The van der Waals surface area contributed by atoms with Crippen LogP contribution in [0.25, 0.3) is 0 Å². The van der Waals surface area contributed by atoms with Gasteiger partial charge in [-0.15, -0.1) is 0 Å². The van der Waals surface area contributed by atoms with Crippen LogP contribution in [0, 0.1) is 0 Å². The van der Waals surface area contributed by atoms with Crippen molar-refractivity contribution in [3.8, 4) is 0 Å². The van der Waals surface area contributed by atoms with Gasteiger partial charge in [-0.3, -0.25) is 14.6 Å². The van der Waals surface area contributed by atoms with Crippen molar-refractivity contribution in [2.24, 2.45) is 0 Å². The zero-order chi connectivity index (χ0) is 17.7. The van der Waals surface area contributed by atoms with E-state index in [1.54, 1.807) is 24.3 Å².